The highest BCUT2D eigenvalue weighted by Gasteiger charge is 2.15. The third-order valence-corrected chi connectivity index (χ3v) is 1.93. The number of methoxy groups -OCH3 is 1. The van der Waals surface area contributed by atoms with Crippen molar-refractivity contribution in [1.29, 1.82) is 0 Å². The van der Waals surface area contributed by atoms with Crippen molar-refractivity contribution >= 4 is 11.8 Å². The van der Waals surface area contributed by atoms with E-state index >= 15 is 0 Å². The maximum absolute atomic E-state index is 11.4. The first-order chi connectivity index (χ1) is 8.04. The van der Waals surface area contributed by atoms with Crippen LogP contribution in [0.4, 0.5) is 0 Å². The van der Waals surface area contributed by atoms with E-state index in [1.807, 2.05) is 0 Å². The van der Waals surface area contributed by atoms with Crippen molar-refractivity contribution < 1.29 is 29.6 Å². The summed E-state index contributed by atoms with van der Waals surface area (Å²) >= 11 is 0. The highest BCUT2D eigenvalue weighted by molar-refractivity contribution is 6.40. The molecule has 0 heterocycles. The normalized spacial score (nSPS) is 10.4. The smallest absolute Gasteiger partial charge is 0.379 e. The summed E-state index contributed by atoms with van der Waals surface area (Å²) in [5.74, 6) is -1.68. The summed E-state index contributed by atoms with van der Waals surface area (Å²) in [4.78, 5) is 26.7. The molecule has 0 spiro atoms. The van der Waals surface area contributed by atoms with Crippen LogP contribution in [-0.4, -0.2) is 34.7 Å². The minimum atomic E-state index is -0.939. The summed E-state index contributed by atoms with van der Waals surface area (Å²) in [6, 6.07) is 5.85. The number of nitrogens with zero attached hydrogens (tertiary/aromatic N) is 1. The molecule has 0 bridgehead atoms. The predicted octanol–water partition coefficient (Wildman–Crippen LogP) is 0.554. The Bertz CT molecular complexity index is 400. The molecule has 17 heavy (non-hydrogen) atoms. The van der Waals surface area contributed by atoms with E-state index < -0.39 is 17.1 Å². The minimum Gasteiger partial charge on any atom is -0.463 e. The first kappa shape index (κ1) is 13.3. The van der Waals surface area contributed by atoms with Crippen molar-refractivity contribution in [2.45, 2.75) is 6.61 Å². The Kier molecular flexibility index (Phi) is 4.73. The molecule has 2 N–H and O–H groups in total. The van der Waals surface area contributed by atoms with Gasteiger partial charge in [0.05, 0.1) is 19.1 Å². The molecule has 92 valence electrons. The molecule has 1 aromatic carbocycles. The van der Waals surface area contributed by atoms with E-state index in [1.54, 1.807) is 0 Å². The molecule has 0 unspecified atom stereocenters. The molecule has 0 aliphatic rings. The summed E-state index contributed by atoms with van der Waals surface area (Å²) in [5, 5.41) is 16.2. The number of benzene rings is 1. The first-order valence-corrected chi connectivity index (χ1v) is 4.57. The number of ether oxygens (including phenoxy) is 1. The molecule has 0 amide bonds. The fourth-order valence-corrected chi connectivity index (χ4v) is 1.10. The van der Waals surface area contributed by atoms with Crippen LogP contribution < -0.4 is 0 Å². The second-order valence-corrected chi connectivity index (χ2v) is 3.04. The molecule has 7 heteroatoms. The first-order valence-electron chi connectivity index (χ1n) is 4.57. The van der Waals surface area contributed by atoms with Gasteiger partial charge in [-0.05, 0) is 5.56 Å². The molecule has 0 radical (unpaired) electrons. The molecule has 0 saturated carbocycles. The van der Waals surface area contributed by atoms with Crippen LogP contribution in [0, 0.1) is 0 Å². The standard InChI is InChI=1S/C10H11NO6/c1-16-10(13)9(12)8-4-2-7(3-5-8)6-17-11(14)15/h2-5,14-15H,6H2,1H3. The summed E-state index contributed by atoms with van der Waals surface area (Å²) < 4.78 is 4.29. The van der Waals surface area contributed by atoms with E-state index in [9.17, 15) is 9.59 Å². The lowest BCUT2D eigenvalue weighted by atomic mass is 10.1. The zero-order chi connectivity index (χ0) is 12.8. The van der Waals surface area contributed by atoms with Gasteiger partial charge < -0.3 is 4.74 Å². The van der Waals surface area contributed by atoms with Crippen molar-refractivity contribution in [3.05, 3.63) is 35.4 Å². The van der Waals surface area contributed by atoms with Crippen LogP contribution >= 0.6 is 0 Å². The topological polar surface area (TPSA) is 96.3 Å². The lowest BCUT2D eigenvalue weighted by Gasteiger charge is -2.06. The lowest BCUT2D eigenvalue weighted by Crippen LogP contribution is -2.16. The number of carbonyl (C=O) groups excluding carboxylic acids is 2. The maximum atomic E-state index is 11.4. The Morgan fingerprint density at radius 1 is 1.24 bits per heavy atom. The van der Waals surface area contributed by atoms with Gasteiger partial charge in [0.1, 0.15) is 0 Å². The van der Waals surface area contributed by atoms with E-state index in [2.05, 4.69) is 9.57 Å². The van der Waals surface area contributed by atoms with Crippen LogP contribution in [0.15, 0.2) is 24.3 Å². The molecule has 0 saturated heterocycles. The molecule has 1 aromatic rings. The predicted molar refractivity (Wildman–Crippen MR) is 53.0 cm³/mol. The third kappa shape index (κ3) is 3.93. The van der Waals surface area contributed by atoms with Crippen molar-refractivity contribution in [2.75, 3.05) is 7.11 Å². The Morgan fingerprint density at radius 2 is 1.82 bits per heavy atom. The molecule has 0 atom stereocenters. The van der Waals surface area contributed by atoms with Crippen LogP contribution in [-0.2, 0) is 21.0 Å². The van der Waals surface area contributed by atoms with Crippen LogP contribution in [0.1, 0.15) is 15.9 Å². The summed E-state index contributed by atoms with van der Waals surface area (Å²) in [5.41, 5.74) is 0.782. The number of rotatable bonds is 5. The number of esters is 1. The van der Waals surface area contributed by atoms with Crippen LogP contribution in [0.5, 0.6) is 0 Å². The van der Waals surface area contributed by atoms with E-state index in [-0.39, 0.29) is 12.2 Å². The second-order valence-electron chi connectivity index (χ2n) is 3.04. The Morgan fingerprint density at radius 3 is 2.29 bits per heavy atom. The average Bonchev–Trinajstić information content (AvgIpc) is 2.35. The van der Waals surface area contributed by atoms with Gasteiger partial charge in [-0.25, -0.2) is 9.63 Å². The van der Waals surface area contributed by atoms with E-state index in [0.29, 0.717) is 5.56 Å². The van der Waals surface area contributed by atoms with Crippen molar-refractivity contribution in [1.82, 2.24) is 5.39 Å². The Balaban J connectivity index is 2.68. The average molecular weight is 241 g/mol. The fraction of sp³-hybridized carbons (Fsp3) is 0.200. The van der Waals surface area contributed by atoms with E-state index in [1.165, 1.54) is 24.3 Å². The van der Waals surface area contributed by atoms with Crippen molar-refractivity contribution in [3.8, 4) is 0 Å². The van der Waals surface area contributed by atoms with E-state index in [4.69, 9.17) is 10.4 Å². The number of hydrogen-bond donors (Lipinski definition) is 2. The summed E-state index contributed by atoms with van der Waals surface area (Å²) in [6.45, 7) is -0.0836. The monoisotopic (exact) mass is 241 g/mol. The van der Waals surface area contributed by atoms with Gasteiger partial charge in [-0.2, -0.15) is 0 Å². The number of carbonyl (C=O) groups is 2. The molecule has 1 rings (SSSR count). The van der Waals surface area contributed by atoms with Gasteiger partial charge in [0.15, 0.2) is 0 Å². The maximum Gasteiger partial charge on any atom is 0.379 e. The lowest BCUT2D eigenvalue weighted by molar-refractivity contribution is -0.497. The minimum absolute atomic E-state index is 0.0836. The SMILES string of the molecule is COC(=O)C(=O)c1ccc(CON(O)O)cc1. The Hall–Kier alpha value is -1.80. The second kappa shape index (κ2) is 6.06. The van der Waals surface area contributed by atoms with Gasteiger partial charge in [-0.1, -0.05) is 24.3 Å². The van der Waals surface area contributed by atoms with Crippen molar-refractivity contribution in [2.24, 2.45) is 0 Å². The van der Waals surface area contributed by atoms with Gasteiger partial charge in [0.2, 0.25) is 0 Å². The molecule has 0 aliphatic carbocycles. The number of hydrogen-bond acceptors (Lipinski definition) is 7. The van der Waals surface area contributed by atoms with E-state index in [0.717, 1.165) is 7.11 Å². The van der Waals surface area contributed by atoms with Crippen molar-refractivity contribution in [3.63, 3.8) is 0 Å². The molecular formula is C10H11NO6. The summed E-state index contributed by atoms with van der Waals surface area (Å²) in [7, 11) is 1.12. The Labute approximate surface area is 96.7 Å². The van der Waals surface area contributed by atoms with Gasteiger partial charge in [-0.15, -0.1) is 0 Å². The molecular weight excluding hydrogens is 230 g/mol. The van der Waals surface area contributed by atoms with Gasteiger partial charge in [-0.3, -0.25) is 15.2 Å². The fourth-order valence-electron chi connectivity index (χ4n) is 1.10. The summed E-state index contributed by atoms with van der Waals surface area (Å²) in [6.07, 6.45) is 0. The number of Topliss-reactive ketones (excluding diaryl/α,β-unsaturated/α-hetero) is 1. The largest absolute Gasteiger partial charge is 0.463 e. The van der Waals surface area contributed by atoms with Crippen LogP contribution in [0.3, 0.4) is 0 Å². The molecule has 7 nitrogen and oxygen atoms in total. The quantitative estimate of drug-likeness (QED) is 0.336. The number of ketones is 1. The molecule has 0 aliphatic heterocycles. The zero-order valence-electron chi connectivity index (χ0n) is 8.99. The third-order valence-electron chi connectivity index (χ3n) is 1.93. The highest BCUT2D eigenvalue weighted by atomic mass is 17.1. The van der Waals surface area contributed by atoms with Gasteiger partial charge in [0.25, 0.3) is 5.78 Å². The molecule has 0 aromatic heterocycles. The zero-order valence-corrected chi connectivity index (χ0v) is 8.99. The van der Waals surface area contributed by atoms with Crippen LogP contribution in [0.2, 0.25) is 0 Å². The highest BCUT2D eigenvalue weighted by Crippen LogP contribution is 2.07. The van der Waals surface area contributed by atoms with Gasteiger partial charge in [0, 0.05) is 5.56 Å². The molecule has 0 fully saturated rings. The van der Waals surface area contributed by atoms with Gasteiger partial charge >= 0.3 is 5.97 Å². The van der Waals surface area contributed by atoms with Crippen LogP contribution in [0.25, 0.3) is 0 Å².